The zero-order chi connectivity index (χ0) is 13.2. The fourth-order valence-corrected chi connectivity index (χ4v) is 2.49. The number of benzene rings is 1. The fourth-order valence-electron chi connectivity index (χ4n) is 2.49. The fraction of sp³-hybridized carbons (Fsp3) is 0.357. The molecule has 2 heterocycles. The molecular weight excluding hydrogens is 244 g/mol. The number of hydrogen-bond acceptors (Lipinski definition) is 3. The Balaban J connectivity index is 1.91. The third-order valence-electron chi connectivity index (χ3n) is 3.44. The van der Waals surface area contributed by atoms with Crippen LogP contribution in [0.5, 0.6) is 0 Å². The summed E-state index contributed by atoms with van der Waals surface area (Å²) in [5.74, 6) is -0.824. The summed E-state index contributed by atoms with van der Waals surface area (Å²) >= 11 is 0. The molecule has 1 aliphatic heterocycles. The average molecular weight is 260 g/mol. The van der Waals surface area contributed by atoms with Gasteiger partial charge in [-0.25, -0.2) is 0 Å². The van der Waals surface area contributed by atoms with Crippen molar-refractivity contribution in [2.75, 3.05) is 31.2 Å². The second kappa shape index (κ2) is 4.93. The number of aliphatic carboxylic acids is 1. The SMILES string of the molecule is O=C(O)Cn1ccc2cc(N3CCOCC3)ccc21. The Labute approximate surface area is 111 Å². The highest BCUT2D eigenvalue weighted by atomic mass is 16.5. The van der Waals surface area contributed by atoms with Gasteiger partial charge >= 0.3 is 5.97 Å². The Morgan fingerprint density at radius 2 is 2.05 bits per heavy atom. The number of hydrogen-bond donors (Lipinski definition) is 1. The van der Waals surface area contributed by atoms with Crippen molar-refractivity contribution in [3.63, 3.8) is 0 Å². The number of anilines is 1. The van der Waals surface area contributed by atoms with Crippen LogP contribution >= 0.6 is 0 Å². The number of fused-ring (bicyclic) bond motifs is 1. The summed E-state index contributed by atoms with van der Waals surface area (Å²) in [6.45, 7) is 3.33. The summed E-state index contributed by atoms with van der Waals surface area (Å²) in [7, 11) is 0. The molecule has 1 aromatic carbocycles. The van der Waals surface area contributed by atoms with Crippen LogP contribution in [0.15, 0.2) is 30.5 Å². The first-order chi connectivity index (χ1) is 9.24. The first kappa shape index (κ1) is 12.0. The second-order valence-electron chi connectivity index (χ2n) is 4.68. The van der Waals surface area contributed by atoms with Crippen molar-refractivity contribution in [2.45, 2.75) is 6.54 Å². The van der Waals surface area contributed by atoms with Crippen molar-refractivity contribution in [3.05, 3.63) is 30.5 Å². The van der Waals surface area contributed by atoms with Gasteiger partial charge in [0.05, 0.1) is 13.2 Å². The van der Waals surface area contributed by atoms with E-state index in [1.54, 1.807) is 4.57 Å². The number of aromatic nitrogens is 1. The summed E-state index contributed by atoms with van der Waals surface area (Å²) in [5.41, 5.74) is 2.13. The van der Waals surface area contributed by atoms with Gasteiger partial charge in [0.1, 0.15) is 6.54 Å². The molecule has 0 spiro atoms. The van der Waals surface area contributed by atoms with E-state index in [0.29, 0.717) is 0 Å². The lowest BCUT2D eigenvalue weighted by atomic mass is 10.2. The van der Waals surface area contributed by atoms with Crippen molar-refractivity contribution in [1.29, 1.82) is 0 Å². The van der Waals surface area contributed by atoms with Crippen LogP contribution in [0, 0.1) is 0 Å². The molecule has 100 valence electrons. The highest BCUT2D eigenvalue weighted by Crippen LogP contribution is 2.23. The normalized spacial score (nSPS) is 15.9. The maximum atomic E-state index is 10.8. The second-order valence-corrected chi connectivity index (χ2v) is 4.68. The van der Waals surface area contributed by atoms with Crippen molar-refractivity contribution in [1.82, 2.24) is 4.57 Å². The molecule has 5 heteroatoms. The Morgan fingerprint density at radius 3 is 2.79 bits per heavy atom. The zero-order valence-corrected chi connectivity index (χ0v) is 10.6. The van der Waals surface area contributed by atoms with E-state index in [4.69, 9.17) is 9.84 Å². The summed E-state index contributed by atoms with van der Waals surface area (Å²) in [6, 6.07) is 8.11. The van der Waals surface area contributed by atoms with E-state index in [0.717, 1.165) is 37.2 Å². The molecule has 3 rings (SSSR count). The van der Waals surface area contributed by atoms with Gasteiger partial charge in [0.25, 0.3) is 0 Å². The monoisotopic (exact) mass is 260 g/mol. The number of carboxylic acid groups (broad SMARTS) is 1. The number of nitrogens with zero attached hydrogens (tertiary/aromatic N) is 2. The molecular formula is C14H16N2O3. The standard InChI is InChI=1S/C14H16N2O3/c17-14(18)10-16-4-3-11-9-12(1-2-13(11)16)15-5-7-19-8-6-15/h1-4,9H,5-8,10H2,(H,17,18). The molecule has 1 aliphatic rings. The number of carbonyl (C=O) groups is 1. The first-order valence-electron chi connectivity index (χ1n) is 6.37. The number of carboxylic acids is 1. The number of rotatable bonds is 3. The highest BCUT2D eigenvalue weighted by Gasteiger charge is 2.12. The molecule has 5 nitrogen and oxygen atoms in total. The minimum absolute atomic E-state index is 0.000398. The van der Waals surface area contributed by atoms with E-state index in [9.17, 15) is 4.79 Å². The predicted octanol–water partition coefficient (Wildman–Crippen LogP) is 1.56. The van der Waals surface area contributed by atoms with Crippen molar-refractivity contribution >= 4 is 22.6 Å². The minimum atomic E-state index is -0.824. The minimum Gasteiger partial charge on any atom is -0.480 e. The molecule has 0 aliphatic carbocycles. The molecule has 1 aromatic heterocycles. The summed E-state index contributed by atoms with van der Waals surface area (Å²) in [4.78, 5) is 13.1. The Bertz CT molecular complexity index is 600. The molecule has 2 aromatic rings. The summed E-state index contributed by atoms with van der Waals surface area (Å²) < 4.78 is 7.10. The van der Waals surface area contributed by atoms with Crippen molar-refractivity contribution < 1.29 is 14.6 Å². The van der Waals surface area contributed by atoms with E-state index in [1.807, 2.05) is 24.4 Å². The highest BCUT2D eigenvalue weighted by molar-refractivity contribution is 5.85. The maximum Gasteiger partial charge on any atom is 0.323 e. The van der Waals surface area contributed by atoms with Gasteiger partial charge in [0.2, 0.25) is 0 Å². The van der Waals surface area contributed by atoms with Gasteiger partial charge in [-0.05, 0) is 24.3 Å². The Morgan fingerprint density at radius 1 is 1.26 bits per heavy atom. The molecule has 1 fully saturated rings. The Hall–Kier alpha value is -2.01. The molecule has 0 unspecified atom stereocenters. The van der Waals surface area contributed by atoms with E-state index in [-0.39, 0.29) is 6.54 Å². The van der Waals surface area contributed by atoms with Gasteiger partial charge in [0.15, 0.2) is 0 Å². The predicted molar refractivity (Wildman–Crippen MR) is 72.6 cm³/mol. The van der Waals surface area contributed by atoms with E-state index in [1.165, 1.54) is 5.69 Å². The van der Waals surface area contributed by atoms with Crippen LogP contribution in [0.1, 0.15) is 0 Å². The number of ether oxygens (including phenoxy) is 1. The van der Waals surface area contributed by atoms with Gasteiger partial charge in [0, 0.05) is 35.9 Å². The van der Waals surface area contributed by atoms with E-state index >= 15 is 0 Å². The van der Waals surface area contributed by atoms with Crippen LogP contribution < -0.4 is 4.90 Å². The molecule has 1 saturated heterocycles. The van der Waals surface area contributed by atoms with Crippen molar-refractivity contribution in [3.8, 4) is 0 Å². The van der Waals surface area contributed by atoms with Crippen LogP contribution in [-0.2, 0) is 16.1 Å². The van der Waals surface area contributed by atoms with Crippen molar-refractivity contribution in [2.24, 2.45) is 0 Å². The molecule has 0 atom stereocenters. The van der Waals surface area contributed by atoms with E-state index in [2.05, 4.69) is 11.0 Å². The lowest BCUT2D eigenvalue weighted by molar-refractivity contribution is -0.137. The van der Waals surface area contributed by atoms with Crippen LogP contribution in [-0.4, -0.2) is 41.9 Å². The summed E-state index contributed by atoms with van der Waals surface area (Å²) in [6.07, 6.45) is 1.82. The quantitative estimate of drug-likeness (QED) is 0.910. The molecule has 0 bridgehead atoms. The topological polar surface area (TPSA) is 54.7 Å². The largest absolute Gasteiger partial charge is 0.480 e. The van der Waals surface area contributed by atoms with Gasteiger partial charge in [-0.3, -0.25) is 4.79 Å². The Kier molecular flexibility index (Phi) is 3.13. The van der Waals surface area contributed by atoms with Crippen LogP contribution in [0.2, 0.25) is 0 Å². The van der Waals surface area contributed by atoms with Gasteiger partial charge < -0.3 is 19.3 Å². The van der Waals surface area contributed by atoms with Gasteiger partial charge in [-0.1, -0.05) is 0 Å². The smallest absolute Gasteiger partial charge is 0.323 e. The molecule has 1 N–H and O–H groups in total. The molecule has 0 radical (unpaired) electrons. The lowest BCUT2D eigenvalue weighted by Crippen LogP contribution is -2.36. The van der Waals surface area contributed by atoms with Crippen LogP contribution in [0.25, 0.3) is 10.9 Å². The molecule has 0 saturated carbocycles. The van der Waals surface area contributed by atoms with Crippen LogP contribution in [0.3, 0.4) is 0 Å². The zero-order valence-electron chi connectivity index (χ0n) is 10.6. The lowest BCUT2D eigenvalue weighted by Gasteiger charge is -2.28. The van der Waals surface area contributed by atoms with Crippen LogP contribution in [0.4, 0.5) is 5.69 Å². The number of morpholine rings is 1. The molecule has 0 amide bonds. The van der Waals surface area contributed by atoms with Gasteiger partial charge in [-0.2, -0.15) is 0 Å². The average Bonchev–Trinajstić information content (AvgIpc) is 2.81. The third kappa shape index (κ3) is 2.42. The summed E-state index contributed by atoms with van der Waals surface area (Å²) in [5, 5.41) is 9.93. The molecule has 19 heavy (non-hydrogen) atoms. The first-order valence-corrected chi connectivity index (χ1v) is 6.37. The van der Waals surface area contributed by atoms with E-state index < -0.39 is 5.97 Å². The van der Waals surface area contributed by atoms with Gasteiger partial charge in [-0.15, -0.1) is 0 Å². The third-order valence-corrected chi connectivity index (χ3v) is 3.44. The maximum absolute atomic E-state index is 10.8.